The largest absolute Gasteiger partial charge is 0.369 e. The summed E-state index contributed by atoms with van der Waals surface area (Å²) in [4.78, 5) is 77.8. The maximum absolute atomic E-state index is 14.4. The first-order chi connectivity index (χ1) is 29.3. The fraction of sp³-hybridized carbons (Fsp3) is 0.273. The van der Waals surface area contributed by atoms with Crippen molar-refractivity contribution in [2.24, 2.45) is 10.7 Å². The molecule has 0 spiro atoms. The molecule has 0 bridgehead atoms. The van der Waals surface area contributed by atoms with Gasteiger partial charge in [0, 0.05) is 36.5 Å². The normalized spacial score (nSPS) is 20.9. The highest BCUT2D eigenvalue weighted by atomic mass is 32.2. The summed E-state index contributed by atoms with van der Waals surface area (Å²) in [6, 6.07) is 25.0. The second kappa shape index (κ2) is 19.8. The number of hydrogen-bond donors (Lipinski definition) is 8. The molecule has 1 aliphatic rings. The first kappa shape index (κ1) is 43.6. The van der Waals surface area contributed by atoms with Crippen LogP contribution in [0.3, 0.4) is 0 Å². The van der Waals surface area contributed by atoms with Crippen LogP contribution in [0.15, 0.2) is 125 Å². The van der Waals surface area contributed by atoms with Crippen LogP contribution in [-0.4, -0.2) is 79.6 Å². The predicted octanol–water partition coefficient (Wildman–Crippen LogP) is 2.17. The molecule has 0 unspecified atom stereocenters. The maximum Gasteiger partial charge on any atom is 0.264 e. The number of aromatic amines is 1. The van der Waals surface area contributed by atoms with Crippen molar-refractivity contribution in [2.75, 3.05) is 6.54 Å². The number of sulfonamides is 1. The Kier molecular flexibility index (Phi) is 14.2. The van der Waals surface area contributed by atoms with Crippen molar-refractivity contribution in [2.45, 2.75) is 74.6 Å². The first-order valence-corrected chi connectivity index (χ1v) is 21.3. The van der Waals surface area contributed by atoms with Crippen LogP contribution >= 0.6 is 0 Å². The molecule has 61 heavy (non-hydrogen) atoms. The molecule has 17 heteroatoms. The number of aliphatic imine (C=N–C) groups is 1. The van der Waals surface area contributed by atoms with Gasteiger partial charge in [-0.2, -0.15) is 0 Å². The summed E-state index contributed by atoms with van der Waals surface area (Å²) in [5, 5.41) is 14.7. The molecule has 2 heterocycles. The molecule has 0 aliphatic carbocycles. The van der Waals surface area contributed by atoms with E-state index in [1.54, 1.807) is 72.9 Å². The molecular weight excluding hydrogens is 799 g/mol. The number of guanidine groups is 1. The quantitative estimate of drug-likeness (QED) is 0.0555. The smallest absolute Gasteiger partial charge is 0.264 e. The third kappa shape index (κ3) is 11.6. The molecule has 16 nitrogen and oxygen atoms in total. The van der Waals surface area contributed by atoms with Gasteiger partial charge in [-0.25, -0.2) is 13.1 Å². The monoisotopic (exact) mass is 847 g/mol. The number of amides is 5. The minimum absolute atomic E-state index is 0.000885. The lowest BCUT2D eigenvalue weighted by Gasteiger charge is -2.26. The van der Waals surface area contributed by atoms with Gasteiger partial charge in [0.1, 0.15) is 30.2 Å². The number of H-pyrrole nitrogens is 1. The topological polar surface area (TPSA) is 246 Å². The number of nitrogens with zero attached hydrogens (tertiary/aromatic N) is 1. The number of nitrogens with two attached hydrogens (primary N) is 1. The van der Waals surface area contributed by atoms with E-state index < -0.39 is 69.8 Å². The molecule has 4 aromatic carbocycles. The fourth-order valence-corrected chi connectivity index (χ4v) is 7.84. The number of aromatic nitrogens is 1. The van der Waals surface area contributed by atoms with Crippen LogP contribution in [0, 0.1) is 6.92 Å². The molecular formula is C44H49N9O7S. The summed E-state index contributed by atoms with van der Waals surface area (Å²) in [6.07, 6.45) is 1.93. The van der Waals surface area contributed by atoms with E-state index >= 15 is 0 Å². The molecule has 1 aromatic heterocycles. The number of hydrogen-bond acceptors (Lipinski definition) is 8. The number of benzene rings is 4. The van der Waals surface area contributed by atoms with Gasteiger partial charge in [-0.3, -0.25) is 29.0 Å². The van der Waals surface area contributed by atoms with Gasteiger partial charge >= 0.3 is 0 Å². The summed E-state index contributed by atoms with van der Waals surface area (Å²) < 4.78 is 27.9. The average Bonchev–Trinajstić information content (AvgIpc) is 3.65. The zero-order chi connectivity index (χ0) is 43.5. The third-order valence-electron chi connectivity index (χ3n) is 10.2. The van der Waals surface area contributed by atoms with Crippen molar-refractivity contribution < 1.29 is 32.4 Å². The number of aryl methyl sites for hydroxylation is 1. The maximum atomic E-state index is 14.4. The molecule has 0 saturated carbocycles. The Morgan fingerprint density at radius 2 is 1.26 bits per heavy atom. The van der Waals surface area contributed by atoms with E-state index in [9.17, 15) is 32.4 Å². The molecule has 318 valence electrons. The summed E-state index contributed by atoms with van der Waals surface area (Å²) in [7, 11) is -4.02. The van der Waals surface area contributed by atoms with Gasteiger partial charge in [0.2, 0.25) is 35.5 Å². The third-order valence-corrected chi connectivity index (χ3v) is 11.6. The second-order valence-electron chi connectivity index (χ2n) is 14.8. The van der Waals surface area contributed by atoms with E-state index in [4.69, 9.17) is 5.73 Å². The van der Waals surface area contributed by atoms with Crippen LogP contribution in [-0.2, 0) is 46.8 Å². The van der Waals surface area contributed by atoms with Gasteiger partial charge in [-0.15, -0.1) is 0 Å². The van der Waals surface area contributed by atoms with Gasteiger partial charge in [-0.05, 0) is 61.6 Å². The molecule has 9 N–H and O–H groups in total. The van der Waals surface area contributed by atoms with E-state index in [1.165, 1.54) is 19.1 Å². The van der Waals surface area contributed by atoms with Gasteiger partial charge in [-0.1, -0.05) is 96.6 Å². The standard InChI is InChI=1S/C44H49N9O7S/c1-27-19-21-32(22-20-27)61(59,60)53-44(45)46-23-11-18-35-40(55)51-36(24-29-12-5-3-6-13-29)41(56)48-28(2)39(54)50-37(25-31-26-47-34-17-10-9-16-33(31)34)42(57)52-38(43(58)49-35)30-14-7-4-8-15-30/h3-10,12-17,19-22,26,28,35-38,47H,11,18,23-25H2,1-2H3,(H,48,56)(H,49,58)(H,50,54)(H,51,55)(H,52,57)(H3,45,46,53)/t28-,35-,36+,37+,38+/m1/s1. The highest BCUT2D eigenvalue weighted by Gasteiger charge is 2.34. The van der Waals surface area contributed by atoms with Crippen molar-refractivity contribution in [3.8, 4) is 0 Å². The van der Waals surface area contributed by atoms with Crippen LogP contribution in [0.4, 0.5) is 0 Å². The summed E-state index contributed by atoms with van der Waals surface area (Å²) >= 11 is 0. The van der Waals surface area contributed by atoms with Gasteiger partial charge < -0.3 is 37.3 Å². The average molecular weight is 848 g/mol. The lowest BCUT2D eigenvalue weighted by Crippen LogP contribution is -2.57. The van der Waals surface area contributed by atoms with Gasteiger partial charge in [0.15, 0.2) is 0 Å². The number of carbonyl (C=O) groups is 5. The number of para-hydroxylation sites is 1. The van der Waals surface area contributed by atoms with Gasteiger partial charge in [0.05, 0.1) is 4.90 Å². The minimum atomic E-state index is -4.02. The zero-order valence-electron chi connectivity index (χ0n) is 33.7. The molecule has 0 radical (unpaired) electrons. The highest BCUT2D eigenvalue weighted by Crippen LogP contribution is 2.21. The lowest BCUT2D eigenvalue weighted by molar-refractivity contribution is -0.134. The number of carbonyl (C=O) groups excluding carboxylic acids is 5. The molecule has 6 rings (SSSR count). The molecule has 1 aliphatic heterocycles. The number of nitrogens with one attached hydrogen (secondary N) is 7. The van der Waals surface area contributed by atoms with E-state index in [0.717, 1.165) is 22.0 Å². The van der Waals surface area contributed by atoms with E-state index in [1.807, 2.05) is 37.3 Å². The molecule has 5 aromatic rings. The molecule has 1 fully saturated rings. The van der Waals surface area contributed by atoms with Crippen molar-refractivity contribution in [1.82, 2.24) is 36.3 Å². The van der Waals surface area contributed by atoms with E-state index in [0.29, 0.717) is 11.1 Å². The van der Waals surface area contributed by atoms with Crippen LogP contribution in [0.5, 0.6) is 0 Å². The van der Waals surface area contributed by atoms with Crippen LogP contribution in [0.25, 0.3) is 10.9 Å². The van der Waals surface area contributed by atoms with E-state index in [-0.39, 0.29) is 43.1 Å². The first-order valence-electron chi connectivity index (χ1n) is 19.8. The summed E-state index contributed by atoms with van der Waals surface area (Å²) in [6.45, 7) is 3.25. The summed E-state index contributed by atoms with van der Waals surface area (Å²) in [5.41, 5.74) is 9.51. The van der Waals surface area contributed by atoms with Crippen LogP contribution in [0.1, 0.15) is 48.1 Å². The van der Waals surface area contributed by atoms with Crippen molar-refractivity contribution in [3.05, 3.63) is 138 Å². The molecule has 1 saturated heterocycles. The number of fused-ring (bicyclic) bond motifs is 1. The lowest BCUT2D eigenvalue weighted by atomic mass is 10.0. The Labute approximate surface area is 353 Å². The fourth-order valence-electron chi connectivity index (χ4n) is 6.89. The molecule has 5 atom stereocenters. The molecule has 5 amide bonds. The Hall–Kier alpha value is -7.01. The van der Waals surface area contributed by atoms with Crippen molar-refractivity contribution in [3.63, 3.8) is 0 Å². The van der Waals surface area contributed by atoms with Crippen LogP contribution in [0.2, 0.25) is 0 Å². The summed E-state index contributed by atoms with van der Waals surface area (Å²) in [5.74, 6) is -3.84. The van der Waals surface area contributed by atoms with E-state index in [2.05, 4.69) is 41.3 Å². The Morgan fingerprint density at radius 3 is 1.98 bits per heavy atom. The van der Waals surface area contributed by atoms with Crippen molar-refractivity contribution in [1.29, 1.82) is 0 Å². The second-order valence-corrected chi connectivity index (χ2v) is 16.5. The van der Waals surface area contributed by atoms with Crippen molar-refractivity contribution >= 4 is 56.4 Å². The van der Waals surface area contributed by atoms with Gasteiger partial charge in [0.25, 0.3) is 10.0 Å². The highest BCUT2D eigenvalue weighted by molar-refractivity contribution is 7.90. The zero-order valence-corrected chi connectivity index (χ0v) is 34.5. The number of rotatable bonds is 11. The minimum Gasteiger partial charge on any atom is -0.369 e. The Bertz CT molecular complexity index is 2490. The Balaban J connectivity index is 1.30. The Morgan fingerprint density at radius 1 is 0.672 bits per heavy atom. The van der Waals surface area contributed by atoms with Crippen LogP contribution < -0.4 is 37.0 Å². The predicted molar refractivity (Wildman–Crippen MR) is 230 cm³/mol. The SMILES string of the molecule is Cc1ccc(S(=O)(=O)NC(N)=NCCC[C@H]2NC(=O)[C@H](c3ccccc3)NC(=O)[C@H](Cc3c[nH]c4ccccc34)NC(=O)[C@@H](C)NC(=O)[C@H](Cc3ccccc3)NC2=O)cc1.